The van der Waals surface area contributed by atoms with Gasteiger partial charge in [0.15, 0.2) is 0 Å². The molecule has 0 saturated heterocycles. The van der Waals surface area contributed by atoms with Gasteiger partial charge in [0.2, 0.25) is 0 Å². The zero-order chi connectivity index (χ0) is 8.58. The fourth-order valence-electron chi connectivity index (χ4n) is 0.389. The van der Waals surface area contributed by atoms with Crippen LogP contribution in [0.2, 0.25) is 0 Å². The third-order valence-electron chi connectivity index (χ3n) is 1.09. The molecule has 0 amide bonds. The third-order valence-corrected chi connectivity index (χ3v) is 1.09. The second kappa shape index (κ2) is 2.38. The summed E-state index contributed by atoms with van der Waals surface area (Å²) in [6, 6.07) is -2.40. The molecule has 0 radical (unpaired) electrons. The molecule has 0 aromatic heterocycles. The molecular formula is C5H9F4N. The first kappa shape index (κ1) is 9.68. The predicted octanol–water partition coefficient (Wildman–Crippen LogP) is 1.62. The normalized spacial score (nSPS) is 17.1. The first-order valence-electron chi connectivity index (χ1n) is 2.67. The maximum absolute atomic E-state index is 12.4. The first-order chi connectivity index (χ1) is 4.15. The van der Waals surface area contributed by atoms with Gasteiger partial charge in [-0.2, -0.15) is 13.2 Å². The van der Waals surface area contributed by atoms with Crippen LogP contribution in [0.1, 0.15) is 13.8 Å². The van der Waals surface area contributed by atoms with Gasteiger partial charge in [-0.25, -0.2) is 4.39 Å². The maximum atomic E-state index is 12.4. The van der Waals surface area contributed by atoms with Gasteiger partial charge < -0.3 is 5.73 Å². The SMILES string of the molecule is CC(C)(F)C(N)C(F)(F)F. The minimum absolute atomic E-state index is 0.797. The second-order valence-electron chi connectivity index (χ2n) is 2.58. The summed E-state index contributed by atoms with van der Waals surface area (Å²) in [5, 5.41) is 0. The first-order valence-corrected chi connectivity index (χ1v) is 2.67. The molecule has 0 aromatic carbocycles. The molecule has 0 rings (SSSR count). The molecule has 0 fully saturated rings. The number of rotatable bonds is 1. The van der Waals surface area contributed by atoms with E-state index in [0.717, 1.165) is 13.8 Å². The number of hydrogen-bond donors (Lipinski definition) is 1. The summed E-state index contributed by atoms with van der Waals surface area (Å²) >= 11 is 0. The van der Waals surface area contributed by atoms with Crippen LogP contribution < -0.4 is 5.73 Å². The summed E-state index contributed by atoms with van der Waals surface area (Å²) in [5.74, 6) is 0. The van der Waals surface area contributed by atoms with Gasteiger partial charge in [0.1, 0.15) is 11.7 Å². The van der Waals surface area contributed by atoms with E-state index in [9.17, 15) is 17.6 Å². The Morgan fingerprint density at radius 3 is 1.40 bits per heavy atom. The van der Waals surface area contributed by atoms with Crippen LogP contribution in [0.4, 0.5) is 17.6 Å². The Labute approximate surface area is 56.2 Å². The summed E-state index contributed by atoms with van der Waals surface area (Å²) in [5.41, 5.74) is 2.12. The Hall–Kier alpha value is -0.320. The Balaban J connectivity index is 4.23. The van der Waals surface area contributed by atoms with Crippen molar-refractivity contribution < 1.29 is 17.6 Å². The van der Waals surface area contributed by atoms with Crippen molar-refractivity contribution in [1.29, 1.82) is 0 Å². The van der Waals surface area contributed by atoms with Crippen molar-refractivity contribution in [3.05, 3.63) is 0 Å². The smallest absolute Gasteiger partial charge is 0.318 e. The Kier molecular flexibility index (Phi) is 2.30. The lowest BCUT2D eigenvalue weighted by Gasteiger charge is -2.24. The van der Waals surface area contributed by atoms with Crippen molar-refractivity contribution in [2.75, 3.05) is 0 Å². The molecule has 0 aliphatic rings. The quantitative estimate of drug-likeness (QED) is 0.578. The fourth-order valence-corrected chi connectivity index (χ4v) is 0.389. The van der Waals surface area contributed by atoms with Crippen molar-refractivity contribution in [2.24, 2.45) is 5.73 Å². The predicted molar refractivity (Wildman–Crippen MR) is 29.2 cm³/mol. The van der Waals surface area contributed by atoms with Crippen LogP contribution in [0.15, 0.2) is 0 Å². The van der Waals surface area contributed by atoms with E-state index in [1.165, 1.54) is 0 Å². The average molecular weight is 159 g/mol. The van der Waals surface area contributed by atoms with Crippen LogP contribution >= 0.6 is 0 Å². The lowest BCUT2D eigenvalue weighted by molar-refractivity contribution is -0.172. The third kappa shape index (κ3) is 2.51. The van der Waals surface area contributed by atoms with Crippen LogP contribution in [-0.4, -0.2) is 17.9 Å². The van der Waals surface area contributed by atoms with Crippen LogP contribution in [0.5, 0.6) is 0 Å². The van der Waals surface area contributed by atoms with E-state index in [-0.39, 0.29) is 0 Å². The number of halogens is 4. The molecule has 0 spiro atoms. The van der Waals surface area contributed by atoms with Gasteiger partial charge in [0.25, 0.3) is 0 Å². The molecule has 0 aliphatic carbocycles. The molecule has 0 heterocycles. The number of hydrogen-bond acceptors (Lipinski definition) is 1. The lowest BCUT2D eigenvalue weighted by Crippen LogP contribution is -2.50. The van der Waals surface area contributed by atoms with Gasteiger partial charge in [-0.3, -0.25) is 0 Å². The van der Waals surface area contributed by atoms with E-state index >= 15 is 0 Å². The van der Waals surface area contributed by atoms with E-state index in [1.54, 1.807) is 0 Å². The Morgan fingerprint density at radius 2 is 1.40 bits per heavy atom. The van der Waals surface area contributed by atoms with Crippen molar-refractivity contribution in [3.63, 3.8) is 0 Å². The maximum Gasteiger partial charge on any atom is 0.406 e. The molecule has 0 aliphatic heterocycles. The Bertz CT molecular complexity index is 97.8. The molecule has 1 unspecified atom stereocenters. The van der Waals surface area contributed by atoms with Gasteiger partial charge in [0, 0.05) is 0 Å². The van der Waals surface area contributed by atoms with Crippen LogP contribution in [-0.2, 0) is 0 Å². The molecule has 10 heavy (non-hydrogen) atoms. The average Bonchev–Trinajstić information content (AvgIpc) is 1.59. The topological polar surface area (TPSA) is 26.0 Å². The van der Waals surface area contributed by atoms with Crippen LogP contribution in [0, 0.1) is 0 Å². The van der Waals surface area contributed by atoms with Gasteiger partial charge in [-0.15, -0.1) is 0 Å². The van der Waals surface area contributed by atoms with Gasteiger partial charge in [-0.05, 0) is 13.8 Å². The summed E-state index contributed by atoms with van der Waals surface area (Å²) in [6.45, 7) is 1.59. The van der Waals surface area contributed by atoms with Crippen molar-refractivity contribution in [3.8, 4) is 0 Å². The molecule has 62 valence electrons. The minimum Gasteiger partial charge on any atom is -0.318 e. The van der Waals surface area contributed by atoms with E-state index in [2.05, 4.69) is 5.73 Å². The largest absolute Gasteiger partial charge is 0.406 e. The second-order valence-corrected chi connectivity index (χ2v) is 2.58. The van der Waals surface area contributed by atoms with Crippen LogP contribution in [0.25, 0.3) is 0 Å². The van der Waals surface area contributed by atoms with Crippen LogP contribution in [0.3, 0.4) is 0 Å². The highest BCUT2D eigenvalue weighted by Crippen LogP contribution is 2.28. The molecule has 2 N–H and O–H groups in total. The molecule has 1 nitrogen and oxygen atoms in total. The molecule has 1 atom stereocenters. The van der Waals surface area contributed by atoms with Crippen molar-refractivity contribution >= 4 is 0 Å². The minimum atomic E-state index is -4.65. The zero-order valence-electron chi connectivity index (χ0n) is 5.67. The monoisotopic (exact) mass is 159 g/mol. The molecule has 5 heteroatoms. The van der Waals surface area contributed by atoms with Crippen molar-refractivity contribution in [1.82, 2.24) is 0 Å². The molecule has 0 aromatic rings. The highest BCUT2D eigenvalue weighted by molar-refractivity contribution is 4.86. The fraction of sp³-hybridized carbons (Fsp3) is 1.00. The lowest BCUT2D eigenvalue weighted by atomic mass is 10.0. The van der Waals surface area contributed by atoms with Gasteiger partial charge >= 0.3 is 6.18 Å². The highest BCUT2D eigenvalue weighted by Gasteiger charge is 2.46. The van der Waals surface area contributed by atoms with Crippen molar-refractivity contribution in [2.45, 2.75) is 31.7 Å². The molecular weight excluding hydrogens is 150 g/mol. The highest BCUT2D eigenvalue weighted by atomic mass is 19.4. The van der Waals surface area contributed by atoms with E-state index in [0.29, 0.717) is 0 Å². The number of alkyl halides is 4. The van der Waals surface area contributed by atoms with Gasteiger partial charge in [-0.1, -0.05) is 0 Å². The standard InChI is InChI=1S/C5H9F4N/c1-4(2,6)3(10)5(7,8)9/h3H,10H2,1-2H3. The van der Waals surface area contributed by atoms with E-state index in [4.69, 9.17) is 0 Å². The summed E-state index contributed by atoms with van der Waals surface area (Å²) in [4.78, 5) is 0. The summed E-state index contributed by atoms with van der Waals surface area (Å²) in [7, 11) is 0. The molecule has 0 saturated carbocycles. The molecule has 0 bridgehead atoms. The van der Waals surface area contributed by atoms with E-state index in [1.807, 2.05) is 0 Å². The summed E-state index contributed by atoms with van der Waals surface area (Å²) in [6.07, 6.45) is -4.65. The number of nitrogens with two attached hydrogens (primary N) is 1. The zero-order valence-corrected chi connectivity index (χ0v) is 5.67. The Morgan fingerprint density at radius 1 is 1.10 bits per heavy atom. The van der Waals surface area contributed by atoms with Gasteiger partial charge in [0.05, 0.1) is 0 Å². The summed E-state index contributed by atoms with van der Waals surface area (Å²) < 4.78 is 47.2. The van der Waals surface area contributed by atoms with E-state index < -0.39 is 17.9 Å².